The van der Waals surface area contributed by atoms with E-state index in [0.717, 1.165) is 0 Å². The van der Waals surface area contributed by atoms with E-state index in [1.807, 2.05) is 11.6 Å². The Morgan fingerprint density at radius 3 is 2.38 bits per heavy atom. The third kappa shape index (κ3) is 5.18. The molecule has 0 amide bonds. The maximum Gasteiger partial charge on any atom is 0.257 e. The molecule has 7 heteroatoms. The molecule has 0 aliphatic carbocycles. The lowest BCUT2D eigenvalue weighted by molar-refractivity contribution is 0.0502. The topological polar surface area (TPSA) is 72.2 Å². The maximum atomic E-state index is 12.7. The molecular weight excluding hydrogens is 238 g/mol. The number of halogens is 2. The second kappa shape index (κ2) is 6.46. The van der Waals surface area contributed by atoms with Crippen LogP contribution >= 0.6 is 0 Å². The highest BCUT2D eigenvalue weighted by Gasteiger charge is 2.37. The van der Waals surface area contributed by atoms with Crippen molar-refractivity contribution in [2.75, 3.05) is 12.3 Å². The second-order valence-corrected chi connectivity index (χ2v) is 5.87. The number of rotatable bonds is 8. The Bertz CT molecular complexity index is 296. The third-order valence-corrected chi connectivity index (χ3v) is 3.90. The van der Waals surface area contributed by atoms with E-state index in [-0.39, 0.29) is 18.7 Å². The van der Waals surface area contributed by atoms with Crippen molar-refractivity contribution in [3.63, 3.8) is 0 Å². The van der Waals surface area contributed by atoms with Gasteiger partial charge < -0.3 is 5.73 Å². The van der Waals surface area contributed by atoms with E-state index >= 15 is 0 Å². The summed E-state index contributed by atoms with van der Waals surface area (Å²) >= 11 is 0. The van der Waals surface area contributed by atoms with Crippen molar-refractivity contribution >= 4 is 10.0 Å². The number of unbranched alkanes of at least 4 members (excludes halogenated alkanes) is 1. The smallest absolute Gasteiger partial charge is 0.257 e. The van der Waals surface area contributed by atoms with Crippen LogP contribution in [0.2, 0.25) is 0 Å². The number of nitrogens with two attached hydrogens (primary N) is 1. The van der Waals surface area contributed by atoms with Crippen LogP contribution in [0.3, 0.4) is 0 Å². The first-order valence-electron chi connectivity index (χ1n) is 5.27. The van der Waals surface area contributed by atoms with Gasteiger partial charge in [-0.25, -0.2) is 21.9 Å². The van der Waals surface area contributed by atoms with E-state index in [4.69, 9.17) is 5.73 Å². The Kier molecular flexibility index (Phi) is 6.35. The summed E-state index contributed by atoms with van der Waals surface area (Å²) in [5, 5.41) is 0. The first kappa shape index (κ1) is 15.7. The molecule has 1 atom stereocenters. The minimum absolute atomic E-state index is 0.0110. The Morgan fingerprint density at radius 1 is 1.44 bits per heavy atom. The lowest BCUT2D eigenvalue weighted by atomic mass is 10.0. The van der Waals surface area contributed by atoms with Crippen molar-refractivity contribution in [3.8, 4) is 0 Å². The molecule has 4 nitrogen and oxygen atoms in total. The quantitative estimate of drug-likeness (QED) is 0.684. The summed E-state index contributed by atoms with van der Waals surface area (Å²) in [5.74, 6) is -0.129. The van der Waals surface area contributed by atoms with Crippen molar-refractivity contribution < 1.29 is 17.2 Å². The molecule has 0 heterocycles. The highest BCUT2D eigenvalue weighted by atomic mass is 32.2. The molecule has 0 saturated heterocycles. The molecule has 0 aliphatic rings. The standard InChI is InChI=1S/C9H20F2N2O2S/c1-3-4-7-16(14,15)13-9(2,5-6-12)8(10)11/h8,13H,3-7,12H2,1-2H3. The first-order valence-corrected chi connectivity index (χ1v) is 6.92. The van der Waals surface area contributed by atoms with Gasteiger partial charge in [-0.1, -0.05) is 13.3 Å². The average Bonchev–Trinajstić information content (AvgIpc) is 2.14. The van der Waals surface area contributed by atoms with E-state index in [1.165, 1.54) is 6.92 Å². The minimum Gasteiger partial charge on any atom is -0.330 e. The summed E-state index contributed by atoms with van der Waals surface area (Å²) in [6.45, 7) is 3.02. The molecule has 0 fully saturated rings. The second-order valence-electron chi connectivity index (χ2n) is 4.03. The zero-order chi connectivity index (χ0) is 12.8. The number of nitrogens with one attached hydrogen (secondary N) is 1. The summed E-state index contributed by atoms with van der Waals surface area (Å²) < 4.78 is 50.5. The molecule has 3 N–H and O–H groups in total. The Morgan fingerprint density at radius 2 is 2.00 bits per heavy atom. The van der Waals surface area contributed by atoms with Gasteiger partial charge >= 0.3 is 0 Å². The van der Waals surface area contributed by atoms with Gasteiger partial charge in [0.1, 0.15) is 0 Å². The van der Waals surface area contributed by atoms with Gasteiger partial charge in [-0.3, -0.25) is 0 Å². The van der Waals surface area contributed by atoms with Crippen LogP contribution in [0.5, 0.6) is 0 Å². The van der Waals surface area contributed by atoms with Gasteiger partial charge in [0, 0.05) is 0 Å². The molecule has 0 rings (SSSR count). The van der Waals surface area contributed by atoms with Gasteiger partial charge in [0.2, 0.25) is 10.0 Å². The van der Waals surface area contributed by atoms with Crippen LogP contribution in [0.15, 0.2) is 0 Å². The number of alkyl halides is 2. The normalized spacial score (nSPS) is 16.4. The third-order valence-electron chi connectivity index (χ3n) is 2.30. The lowest BCUT2D eigenvalue weighted by Gasteiger charge is -2.29. The summed E-state index contributed by atoms with van der Waals surface area (Å²) in [5.41, 5.74) is 3.44. The minimum atomic E-state index is -3.65. The number of hydrogen-bond donors (Lipinski definition) is 2. The van der Waals surface area contributed by atoms with Crippen molar-refractivity contribution in [3.05, 3.63) is 0 Å². The molecule has 0 aliphatic heterocycles. The van der Waals surface area contributed by atoms with Crippen LogP contribution < -0.4 is 10.5 Å². The molecule has 0 radical (unpaired) electrons. The summed E-state index contributed by atoms with van der Waals surface area (Å²) in [6.07, 6.45) is -1.70. The number of sulfonamides is 1. The van der Waals surface area contributed by atoms with Crippen LogP contribution in [0.4, 0.5) is 8.78 Å². The monoisotopic (exact) mass is 258 g/mol. The van der Waals surface area contributed by atoms with Crippen molar-refractivity contribution in [1.29, 1.82) is 0 Å². The predicted molar refractivity (Wildman–Crippen MR) is 59.9 cm³/mol. The molecule has 0 bridgehead atoms. The molecule has 98 valence electrons. The van der Waals surface area contributed by atoms with Crippen LogP contribution in [0, 0.1) is 0 Å². The van der Waals surface area contributed by atoms with Gasteiger partial charge in [0.15, 0.2) is 0 Å². The van der Waals surface area contributed by atoms with Gasteiger partial charge in [-0.05, 0) is 26.3 Å². The summed E-state index contributed by atoms with van der Waals surface area (Å²) in [4.78, 5) is 0. The van der Waals surface area contributed by atoms with Crippen molar-refractivity contribution in [2.45, 2.75) is 45.1 Å². The highest BCUT2D eigenvalue weighted by molar-refractivity contribution is 7.89. The number of hydrogen-bond acceptors (Lipinski definition) is 3. The largest absolute Gasteiger partial charge is 0.330 e. The molecule has 1 unspecified atom stereocenters. The molecule has 16 heavy (non-hydrogen) atoms. The van der Waals surface area contributed by atoms with Crippen LogP contribution in [0.1, 0.15) is 33.1 Å². The van der Waals surface area contributed by atoms with Crippen LogP contribution in [-0.2, 0) is 10.0 Å². The fourth-order valence-electron chi connectivity index (χ4n) is 1.25. The average molecular weight is 258 g/mol. The molecule has 0 spiro atoms. The van der Waals surface area contributed by atoms with E-state index in [2.05, 4.69) is 0 Å². The van der Waals surface area contributed by atoms with E-state index in [9.17, 15) is 17.2 Å². The highest BCUT2D eigenvalue weighted by Crippen LogP contribution is 2.20. The van der Waals surface area contributed by atoms with Gasteiger partial charge in [0.05, 0.1) is 11.3 Å². The van der Waals surface area contributed by atoms with Crippen LogP contribution in [-0.4, -0.2) is 32.7 Å². The molecule has 0 aromatic rings. The zero-order valence-electron chi connectivity index (χ0n) is 9.67. The lowest BCUT2D eigenvalue weighted by Crippen LogP contribution is -2.53. The molecule has 0 aromatic heterocycles. The summed E-state index contributed by atoms with van der Waals surface area (Å²) in [7, 11) is -3.65. The zero-order valence-corrected chi connectivity index (χ0v) is 10.5. The first-order chi connectivity index (χ1) is 7.27. The van der Waals surface area contributed by atoms with E-state index in [0.29, 0.717) is 12.8 Å². The Labute approximate surface area is 95.6 Å². The predicted octanol–water partition coefficient (Wildman–Crippen LogP) is 1.08. The van der Waals surface area contributed by atoms with Gasteiger partial charge in [0.25, 0.3) is 6.43 Å². The van der Waals surface area contributed by atoms with Crippen molar-refractivity contribution in [2.24, 2.45) is 5.73 Å². The molecule has 0 aromatic carbocycles. The van der Waals surface area contributed by atoms with E-state index in [1.54, 1.807) is 0 Å². The molecule has 0 saturated carbocycles. The van der Waals surface area contributed by atoms with Crippen molar-refractivity contribution in [1.82, 2.24) is 4.72 Å². The maximum absolute atomic E-state index is 12.7. The SMILES string of the molecule is CCCCS(=O)(=O)NC(C)(CCN)C(F)F. The molecular formula is C9H20F2N2O2S. The van der Waals surface area contributed by atoms with Gasteiger partial charge in [-0.15, -0.1) is 0 Å². The van der Waals surface area contributed by atoms with Gasteiger partial charge in [-0.2, -0.15) is 0 Å². The Balaban J connectivity index is 4.62. The summed E-state index contributed by atoms with van der Waals surface area (Å²) in [6, 6.07) is 0. The van der Waals surface area contributed by atoms with E-state index < -0.39 is 22.0 Å². The van der Waals surface area contributed by atoms with Crippen LogP contribution in [0.25, 0.3) is 0 Å². The fraction of sp³-hybridized carbons (Fsp3) is 1.00. The fourth-order valence-corrected chi connectivity index (χ4v) is 2.92. The Hall–Kier alpha value is -0.270.